The zero-order valence-electron chi connectivity index (χ0n) is 9.63. The SMILES string of the molecule is CC12C3CCC3C1C13CC2C12CCC3C2. The average molecular weight is 200 g/mol. The number of fused-ring (bicyclic) bond motifs is 6. The van der Waals surface area contributed by atoms with E-state index in [-0.39, 0.29) is 0 Å². The third kappa shape index (κ3) is 0.368. The molecule has 15 heavy (non-hydrogen) atoms. The van der Waals surface area contributed by atoms with Gasteiger partial charge in [-0.25, -0.2) is 0 Å². The van der Waals surface area contributed by atoms with E-state index in [1.54, 1.807) is 38.5 Å². The third-order valence-corrected chi connectivity index (χ3v) is 8.94. The molecule has 8 unspecified atom stereocenters. The Bertz CT molecular complexity index is 408. The van der Waals surface area contributed by atoms with Gasteiger partial charge in [-0.3, -0.25) is 0 Å². The minimum atomic E-state index is 0.873. The van der Waals surface area contributed by atoms with Crippen molar-refractivity contribution < 1.29 is 0 Å². The molecule has 0 aliphatic heterocycles. The monoisotopic (exact) mass is 200 g/mol. The van der Waals surface area contributed by atoms with Gasteiger partial charge in [0.25, 0.3) is 0 Å². The minimum absolute atomic E-state index is 0.873. The van der Waals surface area contributed by atoms with Crippen LogP contribution in [0.15, 0.2) is 0 Å². The molecule has 8 atom stereocenters. The molecular formula is C15H20. The van der Waals surface area contributed by atoms with E-state index >= 15 is 0 Å². The van der Waals surface area contributed by atoms with Crippen LogP contribution < -0.4 is 0 Å². The van der Waals surface area contributed by atoms with Crippen molar-refractivity contribution >= 4 is 0 Å². The Morgan fingerprint density at radius 3 is 2.73 bits per heavy atom. The molecule has 0 aromatic rings. The first-order chi connectivity index (χ1) is 7.25. The van der Waals surface area contributed by atoms with E-state index in [4.69, 9.17) is 0 Å². The van der Waals surface area contributed by atoms with Gasteiger partial charge in [0.2, 0.25) is 0 Å². The summed E-state index contributed by atoms with van der Waals surface area (Å²) in [7, 11) is 0. The summed E-state index contributed by atoms with van der Waals surface area (Å²) >= 11 is 0. The fourth-order valence-electron chi connectivity index (χ4n) is 8.81. The van der Waals surface area contributed by atoms with Gasteiger partial charge in [0.05, 0.1) is 0 Å². The number of hydrogen-bond acceptors (Lipinski definition) is 0. The van der Waals surface area contributed by atoms with Crippen molar-refractivity contribution in [3.8, 4) is 0 Å². The summed E-state index contributed by atoms with van der Waals surface area (Å²) in [5.41, 5.74) is 2.79. The van der Waals surface area contributed by atoms with Gasteiger partial charge < -0.3 is 0 Å². The maximum absolute atomic E-state index is 2.71. The summed E-state index contributed by atoms with van der Waals surface area (Å²) < 4.78 is 0. The van der Waals surface area contributed by atoms with Crippen molar-refractivity contribution in [1.82, 2.24) is 0 Å². The molecule has 0 heteroatoms. The normalized spacial score (nSPS) is 84.2. The quantitative estimate of drug-likeness (QED) is 0.561. The lowest BCUT2D eigenvalue weighted by Crippen LogP contribution is -2.64. The summed E-state index contributed by atoms with van der Waals surface area (Å²) in [6, 6.07) is 0. The van der Waals surface area contributed by atoms with Crippen LogP contribution in [-0.2, 0) is 0 Å². The molecule has 0 nitrogen and oxygen atoms in total. The molecule has 0 aromatic heterocycles. The fourth-order valence-corrected chi connectivity index (χ4v) is 8.81. The van der Waals surface area contributed by atoms with Crippen LogP contribution in [0.25, 0.3) is 0 Å². The molecule has 0 saturated heterocycles. The van der Waals surface area contributed by atoms with Crippen LogP contribution in [-0.4, -0.2) is 0 Å². The van der Waals surface area contributed by atoms with Crippen LogP contribution in [0.4, 0.5) is 0 Å². The van der Waals surface area contributed by atoms with Gasteiger partial charge in [-0.05, 0) is 84.4 Å². The highest BCUT2D eigenvalue weighted by Crippen LogP contribution is 3.01. The van der Waals surface area contributed by atoms with Crippen LogP contribution in [0.2, 0.25) is 0 Å². The first kappa shape index (κ1) is 7.35. The summed E-state index contributed by atoms with van der Waals surface area (Å²) in [6.45, 7) is 2.71. The topological polar surface area (TPSA) is 0 Å². The van der Waals surface area contributed by atoms with Gasteiger partial charge in [-0.15, -0.1) is 0 Å². The Kier molecular flexibility index (Phi) is 0.762. The van der Waals surface area contributed by atoms with Crippen molar-refractivity contribution in [2.24, 2.45) is 45.8 Å². The fraction of sp³-hybridized carbons (Fsp3) is 1.00. The van der Waals surface area contributed by atoms with Gasteiger partial charge in [0.1, 0.15) is 0 Å². The largest absolute Gasteiger partial charge is 0.0588 e. The smallest absolute Gasteiger partial charge is 0.0170 e. The number of hydrogen-bond donors (Lipinski definition) is 0. The lowest BCUT2D eigenvalue weighted by Gasteiger charge is -2.69. The van der Waals surface area contributed by atoms with E-state index in [1.165, 1.54) is 29.6 Å². The minimum Gasteiger partial charge on any atom is -0.0588 e. The summed E-state index contributed by atoms with van der Waals surface area (Å²) in [5, 5.41) is 0. The molecule has 0 aromatic carbocycles. The maximum Gasteiger partial charge on any atom is -0.0170 e. The van der Waals surface area contributed by atoms with E-state index in [0.29, 0.717) is 0 Å². The van der Waals surface area contributed by atoms with Crippen molar-refractivity contribution in [2.75, 3.05) is 0 Å². The molecule has 7 aliphatic carbocycles. The predicted octanol–water partition coefficient (Wildman–Crippen LogP) is 3.47. The molecule has 1 spiro atoms. The standard InChI is InChI=1S/C15H20/c1-13-10-3-2-9(10)12(13)15-7-11(13)14(15)5-4-8(15)6-14/h8-12H,2-7H2,1H3. The van der Waals surface area contributed by atoms with E-state index in [1.807, 2.05) is 0 Å². The van der Waals surface area contributed by atoms with Crippen LogP contribution in [0.1, 0.15) is 45.4 Å². The van der Waals surface area contributed by atoms with E-state index in [9.17, 15) is 0 Å². The lowest BCUT2D eigenvalue weighted by atomic mass is 9.35. The highest BCUT2D eigenvalue weighted by molar-refractivity contribution is 5.42. The van der Waals surface area contributed by atoms with Crippen molar-refractivity contribution in [3.63, 3.8) is 0 Å². The Hall–Kier alpha value is 0. The Morgan fingerprint density at radius 1 is 1.07 bits per heavy atom. The van der Waals surface area contributed by atoms with Gasteiger partial charge >= 0.3 is 0 Å². The van der Waals surface area contributed by atoms with Crippen molar-refractivity contribution in [2.45, 2.75) is 45.4 Å². The van der Waals surface area contributed by atoms with E-state index < -0.39 is 0 Å². The molecule has 4 bridgehead atoms. The first-order valence-electron chi connectivity index (χ1n) is 7.25. The summed E-state index contributed by atoms with van der Waals surface area (Å²) in [4.78, 5) is 0. The van der Waals surface area contributed by atoms with Gasteiger partial charge in [-0.1, -0.05) is 6.92 Å². The van der Waals surface area contributed by atoms with Crippen molar-refractivity contribution in [3.05, 3.63) is 0 Å². The summed E-state index contributed by atoms with van der Waals surface area (Å²) in [5.74, 6) is 6.07. The maximum atomic E-state index is 2.71. The molecule has 0 amide bonds. The highest BCUT2D eigenvalue weighted by atomic mass is 15.0. The zero-order chi connectivity index (χ0) is 9.63. The first-order valence-corrected chi connectivity index (χ1v) is 7.25. The Morgan fingerprint density at radius 2 is 2.00 bits per heavy atom. The second-order valence-corrected chi connectivity index (χ2v) is 8.08. The number of rotatable bonds is 0. The second-order valence-electron chi connectivity index (χ2n) is 8.08. The molecular weight excluding hydrogens is 180 g/mol. The Labute approximate surface area is 91.8 Å². The highest BCUT2D eigenvalue weighted by Gasteiger charge is 2.95. The lowest BCUT2D eigenvalue weighted by molar-refractivity contribution is -0.216. The average Bonchev–Trinajstić information content (AvgIpc) is 2.76. The van der Waals surface area contributed by atoms with Crippen molar-refractivity contribution in [1.29, 1.82) is 0 Å². The molecule has 7 saturated carbocycles. The van der Waals surface area contributed by atoms with Crippen LogP contribution in [0.5, 0.6) is 0 Å². The second kappa shape index (κ2) is 1.56. The van der Waals surface area contributed by atoms with Gasteiger partial charge in [0, 0.05) is 0 Å². The molecule has 7 aliphatic rings. The van der Waals surface area contributed by atoms with Crippen LogP contribution in [0.3, 0.4) is 0 Å². The molecule has 7 fully saturated rings. The zero-order valence-corrected chi connectivity index (χ0v) is 9.63. The van der Waals surface area contributed by atoms with Gasteiger partial charge in [-0.2, -0.15) is 0 Å². The summed E-state index contributed by atoms with van der Waals surface area (Å²) in [6.07, 6.45) is 9.84. The molecule has 0 N–H and O–H groups in total. The van der Waals surface area contributed by atoms with Gasteiger partial charge in [0.15, 0.2) is 0 Å². The van der Waals surface area contributed by atoms with E-state index in [2.05, 4.69) is 6.92 Å². The molecule has 7 rings (SSSR count). The van der Waals surface area contributed by atoms with Crippen LogP contribution in [0, 0.1) is 45.8 Å². The van der Waals surface area contributed by atoms with E-state index in [0.717, 1.165) is 16.2 Å². The molecule has 80 valence electrons. The predicted molar refractivity (Wildman–Crippen MR) is 58.1 cm³/mol. The molecule has 0 radical (unpaired) electrons. The molecule has 0 heterocycles. The Balaban J connectivity index is 1.64. The third-order valence-electron chi connectivity index (χ3n) is 8.94. The van der Waals surface area contributed by atoms with Crippen LogP contribution >= 0.6 is 0 Å².